The molecule has 1 aromatic rings. The predicted octanol–water partition coefficient (Wildman–Crippen LogP) is 2.36. The number of nitrogens with zero attached hydrogens (tertiary/aromatic N) is 1. The minimum Gasteiger partial charge on any atom is -0.449 e. The number of likely N-dealkylation sites (tertiary alicyclic amines) is 1. The summed E-state index contributed by atoms with van der Waals surface area (Å²) in [5.41, 5.74) is 0.983. The molecule has 2 heterocycles. The normalized spacial score (nSPS) is 19.8. The highest BCUT2D eigenvalue weighted by Crippen LogP contribution is 2.39. The van der Waals surface area contributed by atoms with Crippen LogP contribution in [0.25, 0.3) is 0 Å². The molecule has 0 N–H and O–H groups in total. The van der Waals surface area contributed by atoms with Gasteiger partial charge in [-0.3, -0.25) is 4.79 Å². The zero-order valence-electron chi connectivity index (χ0n) is 11.4. The molecule has 2 aliphatic heterocycles. The quantitative estimate of drug-likeness (QED) is 0.820. The molecule has 0 spiro atoms. The van der Waals surface area contributed by atoms with E-state index in [2.05, 4.69) is 0 Å². The Hall–Kier alpha value is -1.71. The van der Waals surface area contributed by atoms with Gasteiger partial charge in [0.15, 0.2) is 11.5 Å². The molecule has 1 saturated heterocycles. The van der Waals surface area contributed by atoms with E-state index >= 15 is 0 Å². The van der Waals surface area contributed by atoms with Gasteiger partial charge in [0.1, 0.15) is 0 Å². The third-order valence-electron chi connectivity index (χ3n) is 3.53. The molecule has 0 atom stereocenters. The lowest BCUT2D eigenvalue weighted by Gasteiger charge is -2.16. The zero-order chi connectivity index (χ0) is 13.5. The Labute approximate surface area is 113 Å². The van der Waals surface area contributed by atoms with Gasteiger partial charge >= 0.3 is 0 Å². The van der Waals surface area contributed by atoms with Crippen LogP contribution in [0.1, 0.15) is 32.3 Å². The fraction of sp³-hybridized carbons (Fsp3) is 0.533. The van der Waals surface area contributed by atoms with Crippen molar-refractivity contribution >= 4 is 5.91 Å². The van der Waals surface area contributed by atoms with Crippen molar-refractivity contribution in [1.82, 2.24) is 4.90 Å². The van der Waals surface area contributed by atoms with E-state index in [0.717, 1.165) is 43.0 Å². The molecule has 0 radical (unpaired) electrons. The summed E-state index contributed by atoms with van der Waals surface area (Å²) in [6.07, 6.45) is 2.69. The molecule has 4 nitrogen and oxygen atoms in total. The van der Waals surface area contributed by atoms with Crippen LogP contribution in [0, 0.1) is 0 Å². The van der Waals surface area contributed by atoms with Gasteiger partial charge in [-0.25, -0.2) is 0 Å². The number of fused-ring (bicyclic) bond motifs is 1. The Morgan fingerprint density at radius 3 is 2.63 bits per heavy atom. The Kier molecular flexibility index (Phi) is 2.88. The summed E-state index contributed by atoms with van der Waals surface area (Å²) in [6.45, 7) is 5.55. The van der Waals surface area contributed by atoms with E-state index in [1.54, 1.807) is 0 Å². The Morgan fingerprint density at radius 2 is 1.89 bits per heavy atom. The summed E-state index contributed by atoms with van der Waals surface area (Å²) in [5, 5.41) is 0. The molecule has 0 unspecified atom stereocenters. The zero-order valence-corrected chi connectivity index (χ0v) is 11.4. The lowest BCUT2D eigenvalue weighted by Crippen LogP contribution is -2.29. The van der Waals surface area contributed by atoms with Crippen molar-refractivity contribution in [3.8, 4) is 11.5 Å². The van der Waals surface area contributed by atoms with Gasteiger partial charge in [0.05, 0.1) is 6.42 Å². The van der Waals surface area contributed by atoms with Crippen molar-refractivity contribution in [2.45, 2.75) is 38.9 Å². The number of ether oxygens (including phenoxy) is 2. The van der Waals surface area contributed by atoms with Crippen LogP contribution >= 0.6 is 0 Å². The summed E-state index contributed by atoms with van der Waals surface area (Å²) in [5.74, 6) is 1.08. The molecule has 102 valence electrons. The second-order valence-electron chi connectivity index (χ2n) is 5.65. The van der Waals surface area contributed by atoms with Gasteiger partial charge in [0, 0.05) is 26.9 Å². The summed E-state index contributed by atoms with van der Waals surface area (Å²) >= 11 is 0. The molecule has 2 aliphatic rings. The van der Waals surface area contributed by atoms with E-state index in [9.17, 15) is 4.79 Å². The molecule has 1 amide bonds. The molecule has 1 fully saturated rings. The second kappa shape index (κ2) is 4.44. The number of rotatable bonds is 2. The van der Waals surface area contributed by atoms with Gasteiger partial charge < -0.3 is 14.4 Å². The van der Waals surface area contributed by atoms with Crippen LogP contribution in [0.15, 0.2) is 18.2 Å². The molecule has 19 heavy (non-hydrogen) atoms. The first kappa shape index (κ1) is 12.3. The first-order valence-corrected chi connectivity index (χ1v) is 6.82. The maximum Gasteiger partial charge on any atom is 0.246 e. The molecule has 0 aromatic heterocycles. The van der Waals surface area contributed by atoms with Crippen LogP contribution in [0.2, 0.25) is 0 Å². The molecule has 1 aromatic carbocycles. The van der Waals surface area contributed by atoms with E-state index in [4.69, 9.17) is 9.47 Å². The fourth-order valence-electron chi connectivity index (χ4n) is 2.63. The second-order valence-corrected chi connectivity index (χ2v) is 5.65. The van der Waals surface area contributed by atoms with Crippen molar-refractivity contribution in [1.29, 1.82) is 0 Å². The van der Waals surface area contributed by atoms with Crippen LogP contribution < -0.4 is 9.47 Å². The molecule has 0 aliphatic carbocycles. The maximum absolute atomic E-state index is 12.1. The van der Waals surface area contributed by atoms with Crippen molar-refractivity contribution in [2.75, 3.05) is 13.1 Å². The number of carbonyl (C=O) groups is 1. The summed E-state index contributed by atoms with van der Waals surface area (Å²) in [6, 6.07) is 5.74. The van der Waals surface area contributed by atoms with Crippen LogP contribution in [0.3, 0.4) is 0 Å². The third kappa shape index (κ3) is 2.53. The first-order chi connectivity index (χ1) is 9.03. The largest absolute Gasteiger partial charge is 0.449 e. The maximum atomic E-state index is 12.1. The van der Waals surface area contributed by atoms with Gasteiger partial charge in [0.25, 0.3) is 0 Å². The van der Waals surface area contributed by atoms with E-state index in [1.165, 1.54) is 0 Å². The van der Waals surface area contributed by atoms with E-state index in [0.29, 0.717) is 6.42 Å². The molecule has 0 bridgehead atoms. The lowest BCUT2D eigenvalue weighted by molar-refractivity contribution is -0.129. The average molecular weight is 261 g/mol. The van der Waals surface area contributed by atoms with Crippen molar-refractivity contribution < 1.29 is 14.3 Å². The highest BCUT2D eigenvalue weighted by atomic mass is 16.7. The highest BCUT2D eigenvalue weighted by molar-refractivity contribution is 5.79. The van der Waals surface area contributed by atoms with Gasteiger partial charge in [-0.05, 0) is 30.5 Å². The van der Waals surface area contributed by atoms with Crippen LogP contribution in [-0.4, -0.2) is 29.7 Å². The molecule has 3 rings (SSSR count). The predicted molar refractivity (Wildman–Crippen MR) is 71.3 cm³/mol. The Bertz CT molecular complexity index is 504. The average Bonchev–Trinajstić information content (AvgIpc) is 2.93. The first-order valence-electron chi connectivity index (χ1n) is 6.82. The van der Waals surface area contributed by atoms with Crippen molar-refractivity contribution in [3.63, 3.8) is 0 Å². The topological polar surface area (TPSA) is 38.8 Å². The van der Waals surface area contributed by atoms with Crippen molar-refractivity contribution in [3.05, 3.63) is 23.8 Å². The molecular formula is C15H19NO3. The summed E-state index contributed by atoms with van der Waals surface area (Å²) < 4.78 is 11.3. The molecule has 0 saturated carbocycles. The minimum atomic E-state index is -0.611. The third-order valence-corrected chi connectivity index (χ3v) is 3.53. The summed E-state index contributed by atoms with van der Waals surface area (Å²) in [7, 11) is 0. The minimum absolute atomic E-state index is 0.204. The fourth-order valence-corrected chi connectivity index (χ4v) is 2.63. The number of benzene rings is 1. The lowest BCUT2D eigenvalue weighted by atomic mass is 10.1. The highest BCUT2D eigenvalue weighted by Gasteiger charge is 2.31. The van der Waals surface area contributed by atoms with Crippen molar-refractivity contribution in [2.24, 2.45) is 0 Å². The number of hydrogen-bond donors (Lipinski definition) is 0. The Balaban J connectivity index is 1.71. The van der Waals surface area contributed by atoms with Gasteiger partial charge in [-0.2, -0.15) is 0 Å². The number of hydrogen-bond acceptors (Lipinski definition) is 3. The van der Waals surface area contributed by atoms with Crippen LogP contribution in [-0.2, 0) is 11.2 Å². The van der Waals surface area contributed by atoms with Crippen LogP contribution in [0.5, 0.6) is 11.5 Å². The smallest absolute Gasteiger partial charge is 0.246 e. The summed E-state index contributed by atoms with van der Waals surface area (Å²) in [4.78, 5) is 14.0. The van der Waals surface area contributed by atoms with Gasteiger partial charge in [-0.15, -0.1) is 0 Å². The van der Waals surface area contributed by atoms with Crippen LogP contribution in [0.4, 0.5) is 0 Å². The van der Waals surface area contributed by atoms with E-state index in [-0.39, 0.29) is 5.91 Å². The van der Waals surface area contributed by atoms with E-state index in [1.807, 2.05) is 36.9 Å². The molecule has 4 heteroatoms. The SMILES string of the molecule is CC1(C)Oc2ccc(CC(=O)N3CCCC3)cc2O1. The standard InChI is InChI=1S/C15H19NO3/c1-15(2)18-12-6-5-11(9-13(12)19-15)10-14(17)16-7-3-4-8-16/h5-6,9H,3-4,7-8,10H2,1-2H3. The molecular weight excluding hydrogens is 242 g/mol. The Morgan fingerprint density at radius 1 is 1.21 bits per heavy atom. The van der Waals surface area contributed by atoms with E-state index < -0.39 is 5.79 Å². The number of amides is 1. The van der Waals surface area contributed by atoms with Gasteiger partial charge in [-0.1, -0.05) is 6.07 Å². The monoisotopic (exact) mass is 261 g/mol. The van der Waals surface area contributed by atoms with Gasteiger partial charge in [0.2, 0.25) is 11.7 Å². The number of carbonyl (C=O) groups excluding carboxylic acids is 1.